The first-order chi connectivity index (χ1) is 24.3. The predicted molar refractivity (Wildman–Crippen MR) is 190 cm³/mol. The topological polar surface area (TPSA) is 138 Å². The molecule has 1 aliphatic rings. The van der Waals surface area contributed by atoms with Crippen LogP contribution in [0.4, 0.5) is 5.69 Å². The van der Waals surface area contributed by atoms with Crippen LogP contribution in [0.5, 0.6) is 5.75 Å². The van der Waals surface area contributed by atoms with Gasteiger partial charge in [-0.15, -0.1) is 5.10 Å². The molecule has 4 aromatic carbocycles. The lowest BCUT2D eigenvalue weighted by atomic mass is 9.83. The summed E-state index contributed by atoms with van der Waals surface area (Å²) in [4.78, 5) is 28.7. The van der Waals surface area contributed by atoms with Gasteiger partial charge in [0.25, 0.3) is 11.5 Å². The Bertz CT molecular complexity index is 2220. The number of methoxy groups -OCH3 is 1. The van der Waals surface area contributed by atoms with Crippen LogP contribution < -0.4 is 15.2 Å². The summed E-state index contributed by atoms with van der Waals surface area (Å²) in [5, 5.41) is 34.4. The molecular weight excluding hydrogens is 632 g/mol. The minimum Gasteiger partial charge on any atom is -0.497 e. The Hall–Kier alpha value is -5.78. The van der Waals surface area contributed by atoms with E-state index in [0.717, 1.165) is 16.6 Å². The normalized spacial score (nSPS) is 17.0. The van der Waals surface area contributed by atoms with Gasteiger partial charge in [0.2, 0.25) is 0 Å². The quantitative estimate of drug-likeness (QED) is 0.155. The van der Waals surface area contributed by atoms with Gasteiger partial charge in [0.15, 0.2) is 5.60 Å². The van der Waals surface area contributed by atoms with Crippen molar-refractivity contribution in [2.24, 2.45) is 5.92 Å². The zero-order chi connectivity index (χ0) is 34.8. The second-order valence-electron chi connectivity index (χ2n) is 12.6. The van der Waals surface area contributed by atoms with E-state index >= 15 is 0 Å². The molecule has 3 heterocycles. The molecule has 0 spiro atoms. The number of allylic oxidation sites excluding steroid dienone is 1. The highest BCUT2D eigenvalue weighted by Gasteiger charge is 2.52. The largest absolute Gasteiger partial charge is 0.497 e. The average molecular weight is 671 g/mol. The summed E-state index contributed by atoms with van der Waals surface area (Å²) in [5.41, 5.74) is 3.06. The first-order valence-electron chi connectivity index (χ1n) is 16.6. The number of aryl methyl sites for hydroxylation is 1. The Morgan fingerprint density at radius 1 is 0.980 bits per heavy atom. The van der Waals surface area contributed by atoms with Gasteiger partial charge in [-0.1, -0.05) is 78.9 Å². The Balaban J connectivity index is 1.07. The number of H-pyrrole nitrogens is 1. The van der Waals surface area contributed by atoms with Crippen LogP contribution in [-0.2, 0) is 23.5 Å². The zero-order valence-electron chi connectivity index (χ0n) is 27.8. The highest BCUT2D eigenvalue weighted by Crippen LogP contribution is 2.47. The number of amides is 1. The van der Waals surface area contributed by atoms with Gasteiger partial charge in [0.05, 0.1) is 54.2 Å². The summed E-state index contributed by atoms with van der Waals surface area (Å²) in [5.74, 6) is -0.707. The zero-order valence-corrected chi connectivity index (χ0v) is 27.8. The van der Waals surface area contributed by atoms with Gasteiger partial charge in [-0.2, -0.15) is 0 Å². The third-order valence-corrected chi connectivity index (χ3v) is 9.51. The average Bonchev–Trinajstić information content (AvgIpc) is 3.81. The molecule has 1 aliphatic heterocycles. The molecule has 0 saturated carbocycles. The van der Waals surface area contributed by atoms with Crippen LogP contribution in [0.25, 0.3) is 16.6 Å². The van der Waals surface area contributed by atoms with E-state index in [4.69, 9.17) is 4.74 Å². The minimum atomic E-state index is -1.82. The third kappa shape index (κ3) is 5.90. The molecule has 0 fully saturated rings. The molecule has 3 atom stereocenters. The number of anilines is 1. The number of hydrogen-bond acceptors (Lipinski definition) is 7. The second kappa shape index (κ2) is 13.6. The molecule has 7 rings (SSSR count). The van der Waals surface area contributed by atoms with Crippen LogP contribution >= 0.6 is 0 Å². The van der Waals surface area contributed by atoms with E-state index in [-0.39, 0.29) is 24.6 Å². The number of para-hydroxylation sites is 1. The summed E-state index contributed by atoms with van der Waals surface area (Å²) in [6, 6.07) is 29.8. The van der Waals surface area contributed by atoms with Crippen molar-refractivity contribution in [1.29, 1.82) is 0 Å². The Labute approximate surface area is 288 Å². The Kier molecular flexibility index (Phi) is 8.92. The predicted octanol–water partition coefficient (Wildman–Crippen LogP) is 5.06. The van der Waals surface area contributed by atoms with Crippen molar-refractivity contribution < 1.29 is 19.7 Å². The summed E-state index contributed by atoms with van der Waals surface area (Å²) >= 11 is 0. The maximum atomic E-state index is 14.1. The lowest BCUT2D eigenvalue weighted by Crippen LogP contribution is -2.44. The summed E-state index contributed by atoms with van der Waals surface area (Å²) in [6.45, 7) is 2.51. The highest BCUT2D eigenvalue weighted by molar-refractivity contribution is 6.07. The van der Waals surface area contributed by atoms with Crippen LogP contribution in [0.1, 0.15) is 41.6 Å². The highest BCUT2D eigenvalue weighted by atomic mass is 16.5. The van der Waals surface area contributed by atoms with Crippen LogP contribution in [-0.4, -0.2) is 54.6 Å². The Morgan fingerprint density at radius 3 is 2.48 bits per heavy atom. The minimum absolute atomic E-state index is 0.0757. The molecule has 11 nitrogen and oxygen atoms in total. The molecular formula is C39H38N6O5. The van der Waals surface area contributed by atoms with Crippen LogP contribution in [0.2, 0.25) is 0 Å². The number of nitrogens with zero attached hydrogens (tertiary/aromatic N) is 5. The number of aromatic nitrogens is 5. The monoisotopic (exact) mass is 670 g/mol. The maximum absolute atomic E-state index is 14.1. The second-order valence-corrected chi connectivity index (χ2v) is 12.6. The van der Waals surface area contributed by atoms with Gasteiger partial charge in [-0.3, -0.25) is 19.4 Å². The first kappa shape index (κ1) is 32.8. The van der Waals surface area contributed by atoms with Crippen LogP contribution in [0.3, 0.4) is 0 Å². The molecule has 0 aliphatic carbocycles. The van der Waals surface area contributed by atoms with Gasteiger partial charge in [0, 0.05) is 24.2 Å². The smallest absolute Gasteiger partial charge is 0.279 e. The molecule has 254 valence electrons. The number of aliphatic hydroxyl groups excluding tert-OH is 1. The fourth-order valence-electron chi connectivity index (χ4n) is 6.67. The van der Waals surface area contributed by atoms with E-state index < -0.39 is 17.4 Å². The molecule has 6 aromatic rings. The molecule has 1 amide bonds. The number of rotatable bonds is 12. The summed E-state index contributed by atoms with van der Waals surface area (Å²) in [7, 11) is 1.55. The van der Waals surface area contributed by atoms with Crippen molar-refractivity contribution in [2.75, 3.05) is 18.6 Å². The number of carbonyl (C=O) groups is 1. The van der Waals surface area contributed by atoms with E-state index in [1.54, 1.807) is 41.0 Å². The van der Waals surface area contributed by atoms with Crippen molar-refractivity contribution in [2.45, 2.75) is 38.0 Å². The van der Waals surface area contributed by atoms with Crippen molar-refractivity contribution in [3.63, 3.8) is 0 Å². The summed E-state index contributed by atoms with van der Waals surface area (Å²) in [6.07, 6.45) is 6.22. The third-order valence-electron chi connectivity index (χ3n) is 9.51. The van der Waals surface area contributed by atoms with Crippen molar-refractivity contribution >= 4 is 22.5 Å². The van der Waals surface area contributed by atoms with E-state index in [9.17, 15) is 19.8 Å². The maximum Gasteiger partial charge on any atom is 0.279 e. The molecule has 1 unspecified atom stereocenters. The molecule has 2 aromatic heterocycles. The van der Waals surface area contributed by atoms with Gasteiger partial charge >= 0.3 is 0 Å². The number of carbonyl (C=O) groups excluding carboxylic acids is 1. The Morgan fingerprint density at radius 2 is 1.74 bits per heavy atom. The van der Waals surface area contributed by atoms with E-state index in [0.29, 0.717) is 46.7 Å². The molecule has 50 heavy (non-hydrogen) atoms. The van der Waals surface area contributed by atoms with E-state index in [1.165, 1.54) is 4.68 Å². The van der Waals surface area contributed by atoms with E-state index in [2.05, 4.69) is 15.4 Å². The molecule has 0 saturated heterocycles. The van der Waals surface area contributed by atoms with Gasteiger partial charge < -0.3 is 19.8 Å². The van der Waals surface area contributed by atoms with Crippen LogP contribution in [0, 0.1) is 5.92 Å². The molecule has 0 radical (unpaired) electrons. The van der Waals surface area contributed by atoms with Crippen molar-refractivity contribution in [3.05, 3.63) is 148 Å². The SMILES string of the molecule is COc1ccc2c(c1)[C@@](O)([C@H](C)/C=C/CCn1cc(C(CO)c3ccccc3)nn1)C(=O)N2Cc1ccc(-n2[nH]c3ccccc3c2=O)cc1. The van der Waals surface area contributed by atoms with Crippen LogP contribution in [0.15, 0.2) is 120 Å². The lowest BCUT2D eigenvalue weighted by Gasteiger charge is -2.28. The number of nitrogens with one attached hydrogen (secondary N) is 1. The number of ether oxygens (including phenoxy) is 1. The standard InChI is InChI=1S/C39H38N6O5/c1-26(10-8-9-21-43-24-35(40-42-43)32(25-46)28-11-4-3-5-12-28)39(49)33-22-30(50-2)19-20-36(33)44(38(39)48)23-27-15-17-29(18-16-27)45-37(47)31-13-6-7-14-34(31)41-45/h3-8,10-20,22,24,26,32,41,46,49H,9,21,23,25H2,1-2H3/b10-8+/t26-,32?,39+/m1/s1. The number of hydrogen-bond donors (Lipinski definition) is 3. The summed E-state index contributed by atoms with van der Waals surface area (Å²) < 4.78 is 8.70. The van der Waals surface area contributed by atoms with Gasteiger partial charge in [0.1, 0.15) is 5.75 Å². The number of benzene rings is 4. The number of aliphatic hydroxyl groups is 2. The first-order valence-corrected chi connectivity index (χ1v) is 16.6. The lowest BCUT2D eigenvalue weighted by molar-refractivity contribution is -0.139. The fourth-order valence-corrected chi connectivity index (χ4v) is 6.67. The van der Waals surface area contributed by atoms with Gasteiger partial charge in [-0.25, -0.2) is 4.68 Å². The van der Waals surface area contributed by atoms with Gasteiger partial charge in [-0.05, 0) is 60.0 Å². The molecule has 3 N–H and O–H groups in total. The van der Waals surface area contributed by atoms with Crippen molar-refractivity contribution in [3.8, 4) is 11.4 Å². The number of fused-ring (bicyclic) bond motifs is 2. The molecule has 11 heteroatoms. The van der Waals surface area contributed by atoms with Crippen molar-refractivity contribution in [1.82, 2.24) is 24.8 Å². The fraction of sp³-hybridized carbons (Fsp3) is 0.231. The number of aromatic amines is 1. The molecule has 0 bridgehead atoms. The van der Waals surface area contributed by atoms with E-state index in [1.807, 2.05) is 98.1 Å².